The number of hydrogen-bond donors (Lipinski definition) is 4. The highest BCUT2D eigenvalue weighted by Crippen LogP contribution is 2.33. The molecule has 18 heavy (non-hydrogen) atoms. The van der Waals surface area contributed by atoms with Crippen LogP contribution in [0.3, 0.4) is 0 Å². The van der Waals surface area contributed by atoms with Gasteiger partial charge in [-0.25, -0.2) is 9.59 Å². The molecule has 7 heteroatoms. The third-order valence-electron chi connectivity index (χ3n) is 2.65. The summed E-state index contributed by atoms with van der Waals surface area (Å²) in [7, 11) is 0. The summed E-state index contributed by atoms with van der Waals surface area (Å²) >= 11 is 0. The minimum atomic E-state index is -1.01. The Morgan fingerprint density at radius 3 is 2.33 bits per heavy atom. The number of carboxylic acids is 1. The molecule has 0 aromatic rings. The van der Waals surface area contributed by atoms with Gasteiger partial charge in [0, 0.05) is 20.0 Å². The number of carboxylic acid groups (broad SMARTS) is 1. The van der Waals surface area contributed by atoms with Crippen LogP contribution in [0, 0.1) is 5.92 Å². The fourth-order valence-electron chi connectivity index (χ4n) is 1.53. The van der Waals surface area contributed by atoms with Gasteiger partial charge >= 0.3 is 12.0 Å². The zero-order valence-corrected chi connectivity index (χ0v) is 10.4. The second kappa shape index (κ2) is 6.83. The van der Waals surface area contributed by atoms with E-state index in [1.807, 2.05) is 0 Å². The van der Waals surface area contributed by atoms with Crippen LogP contribution >= 0.6 is 0 Å². The topological polar surface area (TPSA) is 108 Å². The Balaban J connectivity index is 2.19. The van der Waals surface area contributed by atoms with E-state index in [2.05, 4.69) is 16.0 Å². The number of nitrogens with one attached hydrogen (secondary N) is 3. The van der Waals surface area contributed by atoms with Gasteiger partial charge in [0.1, 0.15) is 6.04 Å². The van der Waals surface area contributed by atoms with E-state index in [0.717, 1.165) is 12.8 Å². The van der Waals surface area contributed by atoms with E-state index in [9.17, 15) is 14.4 Å². The summed E-state index contributed by atoms with van der Waals surface area (Å²) in [6, 6.07) is -1.35. The van der Waals surface area contributed by atoms with E-state index in [-0.39, 0.29) is 12.5 Å². The summed E-state index contributed by atoms with van der Waals surface area (Å²) < 4.78 is 0. The smallest absolute Gasteiger partial charge is 0.326 e. The van der Waals surface area contributed by atoms with Gasteiger partial charge in [-0.2, -0.15) is 0 Å². The van der Waals surface area contributed by atoms with Crippen LogP contribution in [0.5, 0.6) is 0 Å². The first-order valence-electron chi connectivity index (χ1n) is 6.00. The first-order chi connectivity index (χ1) is 8.49. The first kappa shape index (κ1) is 14.3. The van der Waals surface area contributed by atoms with Gasteiger partial charge in [-0.15, -0.1) is 0 Å². The molecule has 0 aliphatic heterocycles. The normalized spacial score (nSPS) is 15.6. The Kier molecular flexibility index (Phi) is 5.41. The Morgan fingerprint density at radius 1 is 1.22 bits per heavy atom. The first-order valence-corrected chi connectivity index (χ1v) is 6.00. The van der Waals surface area contributed by atoms with Crippen molar-refractivity contribution in [2.45, 2.75) is 32.2 Å². The second-order valence-electron chi connectivity index (χ2n) is 4.45. The number of rotatable bonds is 7. The zero-order valence-electron chi connectivity index (χ0n) is 10.4. The minimum Gasteiger partial charge on any atom is -0.480 e. The number of carbonyl (C=O) groups is 3. The van der Waals surface area contributed by atoms with Crippen molar-refractivity contribution in [3.63, 3.8) is 0 Å². The summed E-state index contributed by atoms with van der Waals surface area (Å²) in [5.41, 5.74) is 0. The van der Waals surface area contributed by atoms with Crippen molar-refractivity contribution in [2.75, 3.05) is 13.1 Å². The van der Waals surface area contributed by atoms with Crippen LogP contribution in [-0.2, 0) is 9.59 Å². The van der Waals surface area contributed by atoms with Crippen LogP contribution in [0.2, 0.25) is 0 Å². The van der Waals surface area contributed by atoms with Crippen molar-refractivity contribution >= 4 is 17.9 Å². The highest BCUT2D eigenvalue weighted by molar-refractivity contribution is 5.82. The maximum absolute atomic E-state index is 11.4. The van der Waals surface area contributed by atoms with E-state index < -0.39 is 18.0 Å². The Bertz CT molecular complexity index is 328. The van der Waals surface area contributed by atoms with Crippen molar-refractivity contribution in [1.29, 1.82) is 0 Å². The van der Waals surface area contributed by atoms with Crippen molar-refractivity contribution in [3.05, 3.63) is 0 Å². The number of amides is 3. The molecule has 0 radical (unpaired) electrons. The molecule has 1 atom stereocenters. The summed E-state index contributed by atoms with van der Waals surface area (Å²) in [5, 5.41) is 16.4. The van der Waals surface area contributed by atoms with Gasteiger partial charge in [0.15, 0.2) is 0 Å². The zero-order chi connectivity index (χ0) is 13.5. The quantitative estimate of drug-likeness (QED) is 0.468. The highest BCUT2D eigenvalue weighted by atomic mass is 16.4. The van der Waals surface area contributed by atoms with E-state index >= 15 is 0 Å². The monoisotopic (exact) mass is 257 g/mol. The van der Waals surface area contributed by atoms with Crippen LogP contribution in [0.1, 0.15) is 26.2 Å². The largest absolute Gasteiger partial charge is 0.480 e. The molecule has 1 aliphatic rings. The fourth-order valence-corrected chi connectivity index (χ4v) is 1.53. The lowest BCUT2D eigenvalue weighted by Gasteiger charge is -2.14. The molecule has 0 saturated heterocycles. The molecule has 1 rings (SSSR count). The number of aliphatic carboxylic acids is 1. The molecule has 0 aromatic carbocycles. The van der Waals surface area contributed by atoms with Gasteiger partial charge < -0.3 is 21.1 Å². The molecular formula is C11H19N3O4. The molecule has 0 spiro atoms. The summed E-state index contributed by atoms with van der Waals surface area (Å²) in [6.45, 7) is 1.97. The molecule has 3 amide bonds. The highest BCUT2D eigenvalue weighted by Gasteiger charge is 2.30. The molecular weight excluding hydrogens is 238 g/mol. The predicted molar refractivity (Wildman–Crippen MR) is 64.0 cm³/mol. The van der Waals surface area contributed by atoms with E-state index in [0.29, 0.717) is 18.9 Å². The Morgan fingerprint density at radius 2 is 1.83 bits per heavy atom. The standard InChI is InChI=1S/C11H19N3O4/c1-7(15)12-4-5-13-11(18)14-9(10(16)17)6-8-2-3-8/h8-9H,2-6H2,1H3,(H,12,15)(H,16,17)(H2,13,14,18)/t9-/m0/s1. The van der Waals surface area contributed by atoms with Crippen LogP contribution in [0.15, 0.2) is 0 Å². The van der Waals surface area contributed by atoms with Crippen LogP contribution in [0.25, 0.3) is 0 Å². The third-order valence-corrected chi connectivity index (χ3v) is 2.65. The predicted octanol–water partition coefficient (Wildman–Crippen LogP) is -0.325. The van der Waals surface area contributed by atoms with Gasteiger partial charge in [-0.05, 0) is 12.3 Å². The summed E-state index contributed by atoms with van der Waals surface area (Å²) in [5.74, 6) is -0.765. The molecule has 0 bridgehead atoms. The average molecular weight is 257 g/mol. The van der Waals surface area contributed by atoms with Crippen molar-refractivity contribution in [2.24, 2.45) is 5.92 Å². The molecule has 1 fully saturated rings. The van der Waals surface area contributed by atoms with Gasteiger partial charge in [-0.3, -0.25) is 4.79 Å². The molecule has 0 unspecified atom stereocenters. The van der Waals surface area contributed by atoms with Crippen LogP contribution in [-0.4, -0.2) is 42.1 Å². The summed E-state index contributed by atoms with van der Waals surface area (Å²) in [4.78, 5) is 32.9. The molecule has 1 aliphatic carbocycles. The fraction of sp³-hybridized carbons (Fsp3) is 0.727. The summed E-state index contributed by atoms with van der Waals surface area (Å²) in [6.07, 6.45) is 2.56. The van der Waals surface area contributed by atoms with Crippen molar-refractivity contribution in [3.8, 4) is 0 Å². The van der Waals surface area contributed by atoms with E-state index in [4.69, 9.17) is 5.11 Å². The Labute approximate surface area is 105 Å². The van der Waals surface area contributed by atoms with Crippen molar-refractivity contribution < 1.29 is 19.5 Å². The maximum atomic E-state index is 11.4. The number of hydrogen-bond acceptors (Lipinski definition) is 3. The molecule has 102 valence electrons. The van der Waals surface area contributed by atoms with E-state index in [1.54, 1.807) is 0 Å². The maximum Gasteiger partial charge on any atom is 0.326 e. The van der Waals surface area contributed by atoms with Crippen LogP contribution < -0.4 is 16.0 Å². The average Bonchev–Trinajstić information content (AvgIpc) is 3.07. The number of carbonyl (C=O) groups excluding carboxylic acids is 2. The van der Waals surface area contributed by atoms with Crippen LogP contribution in [0.4, 0.5) is 4.79 Å². The number of urea groups is 1. The van der Waals surface area contributed by atoms with Gasteiger partial charge in [0.05, 0.1) is 0 Å². The SMILES string of the molecule is CC(=O)NCCNC(=O)N[C@@H](CC1CC1)C(=O)O. The van der Waals surface area contributed by atoms with Gasteiger partial charge in [0.25, 0.3) is 0 Å². The lowest BCUT2D eigenvalue weighted by molar-refractivity contribution is -0.139. The van der Waals surface area contributed by atoms with E-state index in [1.165, 1.54) is 6.92 Å². The lowest BCUT2D eigenvalue weighted by Crippen LogP contribution is -2.47. The Hall–Kier alpha value is -1.79. The third kappa shape index (κ3) is 6.07. The van der Waals surface area contributed by atoms with Crippen molar-refractivity contribution in [1.82, 2.24) is 16.0 Å². The molecule has 7 nitrogen and oxygen atoms in total. The lowest BCUT2D eigenvalue weighted by atomic mass is 10.1. The molecule has 1 saturated carbocycles. The molecule has 0 aromatic heterocycles. The minimum absolute atomic E-state index is 0.172. The van der Waals surface area contributed by atoms with Gasteiger partial charge in [-0.1, -0.05) is 12.8 Å². The second-order valence-corrected chi connectivity index (χ2v) is 4.45. The van der Waals surface area contributed by atoms with Gasteiger partial charge in [0.2, 0.25) is 5.91 Å². The molecule has 4 N–H and O–H groups in total. The molecule has 0 heterocycles.